The van der Waals surface area contributed by atoms with E-state index in [2.05, 4.69) is 30.9 Å². The van der Waals surface area contributed by atoms with E-state index in [9.17, 15) is 14.4 Å². The number of carbonyl (C=O) groups excluding carboxylic acids is 3. The van der Waals surface area contributed by atoms with Crippen LogP contribution in [0.2, 0.25) is 5.02 Å². The molecule has 1 aliphatic carbocycles. The third kappa shape index (κ3) is 4.48. The molecule has 1 fully saturated rings. The Bertz CT molecular complexity index is 876. The number of halogens is 1. The molecule has 4 N–H and O–H groups in total. The molecule has 3 rings (SSSR count). The topological polar surface area (TPSA) is 129 Å². The molecule has 0 bridgehead atoms. The van der Waals surface area contributed by atoms with Crippen LogP contribution in [0, 0.1) is 5.92 Å². The summed E-state index contributed by atoms with van der Waals surface area (Å²) in [5.74, 6) is -1.05. The Kier molecular flexibility index (Phi) is 6.25. The lowest BCUT2D eigenvalue weighted by Crippen LogP contribution is -2.40. The number of anilines is 1. The number of pyridine rings is 1. The van der Waals surface area contributed by atoms with Gasteiger partial charge in [0, 0.05) is 31.4 Å². The number of nitrogens with one attached hydrogen (secondary N) is 4. The van der Waals surface area contributed by atoms with Gasteiger partial charge < -0.3 is 20.9 Å². The molecule has 2 heterocycles. The van der Waals surface area contributed by atoms with Crippen LogP contribution in [-0.4, -0.2) is 45.8 Å². The van der Waals surface area contributed by atoms with Gasteiger partial charge in [-0.2, -0.15) is 0 Å². The van der Waals surface area contributed by atoms with Crippen LogP contribution < -0.4 is 16.0 Å². The fraction of sp³-hybridized carbons (Fsp3) is 0.389. The molecule has 10 heteroatoms. The average molecular weight is 405 g/mol. The number of rotatable bonds is 5. The maximum absolute atomic E-state index is 12.5. The highest BCUT2D eigenvalue weighted by Crippen LogP contribution is 2.27. The second-order valence-electron chi connectivity index (χ2n) is 6.57. The zero-order valence-corrected chi connectivity index (χ0v) is 16.0. The van der Waals surface area contributed by atoms with E-state index in [4.69, 9.17) is 11.6 Å². The molecule has 148 valence electrons. The van der Waals surface area contributed by atoms with Gasteiger partial charge in [0.2, 0.25) is 5.91 Å². The van der Waals surface area contributed by atoms with Crippen molar-refractivity contribution in [3.05, 3.63) is 41.2 Å². The van der Waals surface area contributed by atoms with Crippen molar-refractivity contribution in [3.63, 3.8) is 0 Å². The predicted octanol–water partition coefficient (Wildman–Crippen LogP) is 1.74. The second kappa shape index (κ2) is 8.83. The molecular weight excluding hydrogens is 384 g/mol. The van der Waals surface area contributed by atoms with Gasteiger partial charge in [0.15, 0.2) is 5.69 Å². The Morgan fingerprint density at radius 3 is 2.61 bits per heavy atom. The van der Waals surface area contributed by atoms with Crippen LogP contribution in [-0.2, 0) is 4.79 Å². The van der Waals surface area contributed by atoms with Gasteiger partial charge in [-0.25, -0.2) is 4.98 Å². The number of carbonyl (C=O) groups is 3. The number of aromatic nitrogens is 3. The Labute approximate surface area is 166 Å². The van der Waals surface area contributed by atoms with Crippen LogP contribution in [0.3, 0.4) is 0 Å². The maximum atomic E-state index is 12.5. The van der Waals surface area contributed by atoms with E-state index < -0.39 is 5.91 Å². The zero-order chi connectivity index (χ0) is 20.1. The Morgan fingerprint density at radius 2 is 1.93 bits per heavy atom. The van der Waals surface area contributed by atoms with Crippen LogP contribution in [0.15, 0.2) is 24.8 Å². The summed E-state index contributed by atoms with van der Waals surface area (Å²) < 4.78 is 0. The summed E-state index contributed by atoms with van der Waals surface area (Å²) in [5, 5.41) is 8.58. The predicted molar refractivity (Wildman–Crippen MR) is 103 cm³/mol. The van der Waals surface area contributed by atoms with Crippen molar-refractivity contribution in [2.75, 3.05) is 12.4 Å². The standard InChI is InChI=1S/C18H21ClN6O3/c1-20-17(27)14-15(23-9-22-14)18(28)24-11-4-2-10(3-5-11)16(26)25-13-6-7-21-8-12(13)19/h6-11H,2-5H2,1H3,(H,20,27)(H,22,23)(H,24,28)(H,21,25,26)/t10-,11-. The van der Waals surface area contributed by atoms with E-state index in [-0.39, 0.29) is 35.2 Å². The summed E-state index contributed by atoms with van der Waals surface area (Å²) >= 11 is 6.02. The van der Waals surface area contributed by atoms with Gasteiger partial charge in [-0.1, -0.05) is 11.6 Å². The molecule has 2 aromatic rings. The summed E-state index contributed by atoms with van der Waals surface area (Å²) in [6.45, 7) is 0. The third-order valence-corrected chi connectivity index (χ3v) is 5.07. The van der Waals surface area contributed by atoms with Crippen molar-refractivity contribution in [1.82, 2.24) is 25.6 Å². The largest absolute Gasteiger partial charge is 0.354 e. The van der Waals surface area contributed by atoms with Crippen molar-refractivity contribution in [1.29, 1.82) is 0 Å². The number of H-pyrrole nitrogens is 1. The molecule has 3 amide bonds. The quantitative estimate of drug-likeness (QED) is 0.603. The van der Waals surface area contributed by atoms with Crippen molar-refractivity contribution < 1.29 is 14.4 Å². The number of imidazole rings is 1. The van der Waals surface area contributed by atoms with Crippen LogP contribution in [0.5, 0.6) is 0 Å². The number of nitrogens with zero attached hydrogens (tertiary/aromatic N) is 2. The number of amides is 3. The first-order valence-corrected chi connectivity index (χ1v) is 9.34. The lowest BCUT2D eigenvalue weighted by atomic mass is 9.85. The van der Waals surface area contributed by atoms with Gasteiger partial charge >= 0.3 is 0 Å². The molecule has 2 aromatic heterocycles. The third-order valence-electron chi connectivity index (χ3n) is 4.77. The molecule has 0 atom stereocenters. The fourth-order valence-corrected chi connectivity index (χ4v) is 3.39. The molecule has 1 aliphatic rings. The Morgan fingerprint density at radius 1 is 1.18 bits per heavy atom. The number of aromatic amines is 1. The highest BCUT2D eigenvalue weighted by molar-refractivity contribution is 6.33. The van der Waals surface area contributed by atoms with Crippen LogP contribution in [0.4, 0.5) is 5.69 Å². The first-order chi connectivity index (χ1) is 13.5. The van der Waals surface area contributed by atoms with Crippen molar-refractivity contribution in [2.24, 2.45) is 5.92 Å². The molecule has 1 saturated carbocycles. The molecule has 0 saturated heterocycles. The molecule has 28 heavy (non-hydrogen) atoms. The lowest BCUT2D eigenvalue weighted by Gasteiger charge is -2.28. The number of hydrogen-bond acceptors (Lipinski definition) is 5. The van der Waals surface area contributed by atoms with Crippen LogP contribution >= 0.6 is 11.6 Å². The summed E-state index contributed by atoms with van der Waals surface area (Å²) in [4.78, 5) is 47.1. The molecule has 0 spiro atoms. The minimum Gasteiger partial charge on any atom is -0.354 e. The van der Waals surface area contributed by atoms with Gasteiger partial charge in [0.1, 0.15) is 5.69 Å². The van der Waals surface area contributed by atoms with Crippen LogP contribution in [0.25, 0.3) is 0 Å². The molecule has 9 nitrogen and oxygen atoms in total. The first-order valence-electron chi connectivity index (χ1n) is 8.96. The van der Waals surface area contributed by atoms with Gasteiger partial charge in [-0.15, -0.1) is 0 Å². The van der Waals surface area contributed by atoms with E-state index in [1.165, 1.54) is 19.6 Å². The average Bonchev–Trinajstić information content (AvgIpc) is 3.19. The maximum Gasteiger partial charge on any atom is 0.272 e. The van der Waals surface area contributed by atoms with Gasteiger partial charge in [0.25, 0.3) is 11.8 Å². The van der Waals surface area contributed by atoms with Crippen molar-refractivity contribution in [3.8, 4) is 0 Å². The van der Waals surface area contributed by atoms with E-state index in [1.807, 2.05) is 0 Å². The summed E-state index contributed by atoms with van der Waals surface area (Å²) in [6, 6.07) is 1.59. The summed E-state index contributed by atoms with van der Waals surface area (Å²) in [6.07, 6.45) is 6.97. The highest BCUT2D eigenvalue weighted by atomic mass is 35.5. The van der Waals surface area contributed by atoms with Crippen molar-refractivity contribution >= 4 is 35.0 Å². The van der Waals surface area contributed by atoms with E-state index in [0.29, 0.717) is 36.4 Å². The van der Waals surface area contributed by atoms with Crippen molar-refractivity contribution in [2.45, 2.75) is 31.7 Å². The van der Waals surface area contributed by atoms with E-state index >= 15 is 0 Å². The smallest absolute Gasteiger partial charge is 0.272 e. The van der Waals surface area contributed by atoms with Crippen LogP contribution in [0.1, 0.15) is 46.7 Å². The molecule has 0 radical (unpaired) electrons. The minimum absolute atomic E-state index is 0.0577. The van der Waals surface area contributed by atoms with Gasteiger partial charge in [-0.3, -0.25) is 19.4 Å². The highest BCUT2D eigenvalue weighted by Gasteiger charge is 2.29. The zero-order valence-electron chi connectivity index (χ0n) is 15.3. The summed E-state index contributed by atoms with van der Waals surface area (Å²) in [5.41, 5.74) is 0.729. The Balaban J connectivity index is 1.52. The van der Waals surface area contributed by atoms with E-state index in [1.54, 1.807) is 12.3 Å². The fourth-order valence-electron chi connectivity index (χ4n) is 3.23. The van der Waals surface area contributed by atoms with Gasteiger partial charge in [-0.05, 0) is 31.7 Å². The minimum atomic E-state index is -0.429. The second-order valence-corrected chi connectivity index (χ2v) is 6.98. The molecule has 0 unspecified atom stereocenters. The number of hydrogen-bond donors (Lipinski definition) is 4. The van der Waals surface area contributed by atoms with E-state index in [0.717, 1.165) is 0 Å². The Hall–Kier alpha value is -2.94. The monoisotopic (exact) mass is 404 g/mol. The first kappa shape index (κ1) is 19.8. The lowest BCUT2D eigenvalue weighted by molar-refractivity contribution is -0.120. The normalized spacial score (nSPS) is 18.9. The summed E-state index contributed by atoms with van der Waals surface area (Å²) in [7, 11) is 1.48. The molecule has 0 aliphatic heterocycles. The van der Waals surface area contributed by atoms with Gasteiger partial charge in [0.05, 0.1) is 17.0 Å². The molecule has 0 aromatic carbocycles. The SMILES string of the molecule is CNC(=O)c1nc[nH]c1C(=O)N[C@H]1CC[C@H](C(=O)Nc2ccncc2Cl)CC1. The molecular formula is C18H21ClN6O3.